The first-order valence-electron chi connectivity index (χ1n) is 8.80. The molecule has 1 aromatic rings. The third-order valence-corrected chi connectivity index (χ3v) is 5.75. The predicted molar refractivity (Wildman–Crippen MR) is 97.7 cm³/mol. The van der Waals surface area contributed by atoms with Crippen LogP contribution in [0.3, 0.4) is 0 Å². The molecule has 2 N–H and O–H groups in total. The molecule has 2 heterocycles. The van der Waals surface area contributed by atoms with E-state index in [1.807, 2.05) is 0 Å². The molecule has 8 nitrogen and oxygen atoms in total. The Bertz CT molecular complexity index is 773. The van der Waals surface area contributed by atoms with E-state index in [9.17, 15) is 13.2 Å². The largest absolute Gasteiger partial charge is 0.379 e. The average molecular weight is 380 g/mol. The van der Waals surface area contributed by atoms with Gasteiger partial charge in [-0.3, -0.25) is 19.4 Å². The lowest BCUT2D eigenvalue weighted by atomic mass is 10.2. The Hall–Kier alpha value is -1.97. The van der Waals surface area contributed by atoms with Gasteiger partial charge in [0.05, 0.1) is 24.7 Å². The molecule has 0 radical (unpaired) electrons. The van der Waals surface area contributed by atoms with Gasteiger partial charge in [0.1, 0.15) is 5.84 Å². The summed E-state index contributed by atoms with van der Waals surface area (Å²) in [4.78, 5) is 18.7. The van der Waals surface area contributed by atoms with Crippen LogP contribution in [0.2, 0.25) is 0 Å². The van der Waals surface area contributed by atoms with Crippen molar-refractivity contribution in [3.8, 4) is 0 Å². The predicted octanol–water partition coefficient (Wildman–Crippen LogP) is -0.0463. The second-order valence-corrected chi connectivity index (χ2v) is 7.89. The summed E-state index contributed by atoms with van der Waals surface area (Å²) in [6, 6.07) is 6.68. The highest BCUT2D eigenvalue weighted by Crippen LogP contribution is 2.22. The Labute approximate surface area is 153 Å². The smallest absolute Gasteiger partial charge is 0.263 e. The molecular weight excluding hydrogens is 356 g/mol. The lowest BCUT2D eigenvalue weighted by Gasteiger charge is -2.26. The van der Waals surface area contributed by atoms with Gasteiger partial charge in [0.25, 0.3) is 10.0 Å². The Morgan fingerprint density at radius 3 is 2.85 bits per heavy atom. The molecule has 0 saturated carbocycles. The number of carbonyl (C=O) groups is 1. The highest BCUT2D eigenvalue weighted by atomic mass is 32.2. The SMILES string of the molecule is O=C(CCN=C1NS(=O)(=O)c2ccccc21)NCCCN1CCOCC1. The first-order valence-corrected chi connectivity index (χ1v) is 10.3. The zero-order chi connectivity index (χ0) is 18.4. The van der Waals surface area contributed by atoms with E-state index < -0.39 is 10.0 Å². The van der Waals surface area contributed by atoms with Crippen molar-refractivity contribution in [2.45, 2.75) is 17.7 Å². The van der Waals surface area contributed by atoms with Crippen LogP contribution < -0.4 is 10.0 Å². The van der Waals surface area contributed by atoms with E-state index >= 15 is 0 Å². The monoisotopic (exact) mass is 380 g/mol. The van der Waals surface area contributed by atoms with Crippen molar-refractivity contribution in [1.29, 1.82) is 0 Å². The molecule has 2 aliphatic rings. The van der Waals surface area contributed by atoms with Gasteiger partial charge in [-0.15, -0.1) is 0 Å². The molecule has 1 amide bonds. The first kappa shape index (κ1) is 18.8. The Balaban J connectivity index is 1.39. The fourth-order valence-electron chi connectivity index (χ4n) is 2.96. The van der Waals surface area contributed by atoms with Gasteiger partial charge in [0, 0.05) is 31.6 Å². The van der Waals surface area contributed by atoms with E-state index in [1.54, 1.807) is 24.3 Å². The molecule has 0 bridgehead atoms. The van der Waals surface area contributed by atoms with Crippen LogP contribution in [-0.2, 0) is 19.6 Å². The minimum Gasteiger partial charge on any atom is -0.379 e. The van der Waals surface area contributed by atoms with Crippen molar-refractivity contribution in [2.24, 2.45) is 4.99 Å². The van der Waals surface area contributed by atoms with Crippen LogP contribution >= 0.6 is 0 Å². The second-order valence-electron chi connectivity index (χ2n) is 6.24. The number of amides is 1. The van der Waals surface area contributed by atoms with E-state index in [4.69, 9.17) is 4.74 Å². The number of hydrogen-bond donors (Lipinski definition) is 2. The van der Waals surface area contributed by atoms with Crippen molar-refractivity contribution in [1.82, 2.24) is 14.9 Å². The van der Waals surface area contributed by atoms with Gasteiger partial charge in [-0.25, -0.2) is 8.42 Å². The van der Waals surface area contributed by atoms with Gasteiger partial charge in [-0.05, 0) is 25.1 Å². The molecule has 26 heavy (non-hydrogen) atoms. The van der Waals surface area contributed by atoms with Gasteiger partial charge >= 0.3 is 0 Å². The molecule has 0 spiro atoms. The third kappa shape index (κ3) is 4.80. The molecule has 9 heteroatoms. The van der Waals surface area contributed by atoms with Crippen LogP contribution in [0.5, 0.6) is 0 Å². The van der Waals surface area contributed by atoms with E-state index in [0.29, 0.717) is 17.9 Å². The Morgan fingerprint density at radius 1 is 1.27 bits per heavy atom. The summed E-state index contributed by atoms with van der Waals surface area (Å²) in [5.41, 5.74) is 0.554. The fourth-order valence-corrected chi connectivity index (χ4v) is 4.22. The highest BCUT2D eigenvalue weighted by molar-refractivity contribution is 7.90. The van der Waals surface area contributed by atoms with Crippen LogP contribution in [0.25, 0.3) is 0 Å². The van der Waals surface area contributed by atoms with Gasteiger partial charge < -0.3 is 10.1 Å². The Morgan fingerprint density at radius 2 is 2.04 bits per heavy atom. The molecule has 0 unspecified atom stereocenters. The number of rotatable bonds is 7. The van der Waals surface area contributed by atoms with Crippen molar-refractivity contribution < 1.29 is 17.9 Å². The van der Waals surface area contributed by atoms with Gasteiger partial charge in [-0.1, -0.05) is 12.1 Å². The third-order valence-electron chi connectivity index (χ3n) is 4.35. The van der Waals surface area contributed by atoms with E-state index in [0.717, 1.165) is 39.3 Å². The number of carbonyl (C=O) groups excluding carboxylic acids is 1. The zero-order valence-corrected chi connectivity index (χ0v) is 15.4. The minimum atomic E-state index is -3.53. The Kier molecular flexibility index (Phi) is 6.23. The van der Waals surface area contributed by atoms with Crippen molar-refractivity contribution >= 4 is 21.8 Å². The van der Waals surface area contributed by atoms with Gasteiger partial charge in [0.15, 0.2) is 0 Å². The molecule has 142 valence electrons. The van der Waals surface area contributed by atoms with Crippen molar-refractivity contribution in [3.05, 3.63) is 29.8 Å². The van der Waals surface area contributed by atoms with Gasteiger partial charge in [0.2, 0.25) is 5.91 Å². The number of sulfonamides is 1. The summed E-state index contributed by atoms with van der Waals surface area (Å²) in [5, 5.41) is 2.88. The standard InChI is InChI=1S/C17H24N4O4S/c22-16(18-7-3-9-21-10-12-25-13-11-21)6-8-19-17-14-4-1-2-5-15(14)26(23,24)20-17/h1-2,4-5H,3,6-13H2,(H,18,22)(H,19,20). The second kappa shape index (κ2) is 8.61. The molecule has 1 saturated heterocycles. The maximum atomic E-state index is 12.0. The van der Waals surface area contributed by atoms with Crippen molar-refractivity contribution in [2.75, 3.05) is 45.9 Å². The molecule has 2 aliphatic heterocycles. The summed E-state index contributed by atoms with van der Waals surface area (Å²) in [5.74, 6) is 0.228. The van der Waals surface area contributed by atoms with Crippen molar-refractivity contribution in [3.63, 3.8) is 0 Å². The number of benzene rings is 1. The van der Waals surface area contributed by atoms with E-state index in [2.05, 4.69) is 19.9 Å². The minimum absolute atomic E-state index is 0.0783. The quantitative estimate of drug-likeness (QED) is 0.646. The van der Waals surface area contributed by atoms with E-state index in [1.165, 1.54) is 0 Å². The number of fused-ring (bicyclic) bond motifs is 1. The molecule has 0 aromatic heterocycles. The molecule has 1 aromatic carbocycles. The van der Waals surface area contributed by atoms with Crippen LogP contribution in [0.1, 0.15) is 18.4 Å². The normalized spacial score (nSPS) is 20.5. The van der Waals surface area contributed by atoms with Crippen LogP contribution in [0.4, 0.5) is 0 Å². The van der Waals surface area contributed by atoms with Crippen LogP contribution in [-0.4, -0.2) is 71.0 Å². The molecular formula is C17H24N4O4S. The first-order chi connectivity index (χ1) is 12.6. The average Bonchev–Trinajstić information content (AvgIpc) is 2.91. The number of aliphatic imine (C=N–C) groups is 1. The summed E-state index contributed by atoms with van der Waals surface area (Å²) < 4.78 is 31.7. The maximum absolute atomic E-state index is 12.0. The van der Waals surface area contributed by atoms with E-state index in [-0.39, 0.29) is 23.8 Å². The molecule has 0 aliphatic carbocycles. The van der Waals surface area contributed by atoms with Gasteiger partial charge in [-0.2, -0.15) is 0 Å². The molecule has 1 fully saturated rings. The fraction of sp³-hybridized carbons (Fsp3) is 0.529. The highest BCUT2D eigenvalue weighted by Gasteiger charge is 2.29. The number of ether oxygens (including phenoxy) is 1. The lowest BCUT2D eigenvalue weighted by Crippen LogP contribution is -2.38. The van der Waals surface area contributed by atoms with Crippen LogP contribution in [0.15, 0.2) is 34.2 Å². The number of amidine groups is 1. The summed E-state index contributed by atoms with van der Waals surface area (Å²) in [6.07, 6.45) is 1.12. The topological polar surface area (TPSA) is 100 Å². The molecule has 0 atom stereocenters. The number of nitrogens with one attached hydrogen (secondary N) is 2. The zero-order valence-electron chi connectivity index (χ0n) is 14.6. The number of morpholine rings is 1. The summed E-state index contributed by atoms with van der Waals surface area (Å²) in [7, 11) is -3.53. The summed E-state index contributed by atoms with van der Waals surface area (Å²) in [6.45, 7) is 5.26. The molecule has 3 rings (SSSR count). The van der Waals surface area contributed by atoms with Crippen LogP contribution in [0, 0.1) is 0 Å². The summed E-state index contributed by atoms with van der Waals surface area (Å²) >= 11 is 0. The maximum Gasteiger partial charge on any atom is 0.263 e. The lowest BCUT2D eigenvalue weighted by molar-refractivity contribution is -0.120. The number of hydrogen-bond acceptors (Lipinski definition) is 6. The number of nitrogens with zero attached hydrogens (tertiary/aromatic N) is 2.